The minimum Gasteiger partial charge on any atom is -0.461 e. The zero-order valence-electron chi connectivity index (χ0n) is 14.9. The average Bonchev–Trinajstić information content (AvgIpc) is 2.57. The van der Waals surface area contributed by atoms with Gasteiger partial charge in [0.15, 0.2) is 0 Å². The second kappa shape index (κ2) is 11.9. The van der Waals surface area contributed by atoms with E-state index in [1.807, 2.05) is 0 Å². The molecule has 0 saturated carbocycles. The summed E-state index contributed by atoms with van der Waals surface area (Å²) in [5, 5.41) is 2.31. The summed E-state index contributed by atoms with van der Waals surface area (Å²) in [6.07, 6.45) is 8.70. The minimum absolute atomic E-state index is 0.0576. The molecule has 1 amide bonds. The molecule has 1 fully saturated rings. The molecule has 6 heteroatoms. The van der Waals surface area contributed by atoms with E-state index in [0.717, 1.165) is 38.5 Å². The molecule has 1 saturated heterocycles. The standard InChI is InChI=1S/C18H31NO5/c1-3-5-7-8-10-15-16(24-18(15)22)11-14(9-6-4-2)23-17(21)12-19-13-20/h13-16H,3-12H2,1-2H3,(H,19,20)/t14-,15+,16?/m1/s1. The fourth-order valence-corrected chi connectivity index (χ4v) is 2.97. The molecule has 0 aromatic carbocycles. The Morgan fingerprint density at radius 3 is 2.62 bits per heavy atom. The summed E-state index contributed by atoms with van der Waals surface area (Å²) in [5.41, 5.74) is 0. The SMILES string of the molecule is CCCCCC[C@@H]1C(=O)OC1C[C@@H](CCCC)OC(=O)CNC=O. The fourth-order valence-electron chi connectivity index (χ4n) is 2.97. The van der Waals surface area contributed by atoms with Crippen LogP contribution in [0.2, 0.25) is 0 Å². The number of unbranched alkanes of at least 4 members (excludes halogenated alkanes) is 4. The number of carbonyl (C=O) groups is 3. The maximum Gasteiger partial charge on any atom is 0.325 e. The van der Waals surface area contributed by atoms with Gasteiger partial charge in [-0.1, -0.05) is 52.4 Å². The van der Waals surface area contributed by atoms with Crippen LogP contribution < -0.4 is 5.32 Å². The third-order valence-corrected chi connectivity index (χ3v) is 4.39. The highest BCUT2D eigenvalue weighted by Crippen LogP contribution is 2.32. The molecular formula is C18H31NO5. The highest BCUT2D eigenvalue weighted by atomic mass is 16.6. The zero-order valence-corrected chi connectivity index (χ0v) is 14.9. The number of carbonyl (C=O) groups excluding carboxylic acids is 3. The quantitative estimate of drug-likeness (QED) is 0.298. The Bertz CT molecular complexity index is 399. The van der Waals surface area contributed by atoms with Crippen molar-refractivity contribution >= 4 is 18.3 Å². The third kappa shape index (κ3) is 7.32. The van der Waals surface area contributed by atoms with Crippen LogP contribution in [0.15, 0.2) is 0 Å². The van der Waals surface area contributed by atoms with E-state index in [-0.39, 0.29) is 30.6 Å². The molecule has 3 atom stereocenters. The predicted octanol–water partition coefficient (Wildman–Crippen LogP) is 2.74. The molecule has 0 radical (unpaired) electrons. The Morgan fingerprint density at radius 1 is 1.25 bits per heavy atom. The van der Waals surface area contributed by atoms with Gasteiger partial charge in [0.2, 0.25) is 6.41 Å². The van der Waals surface area contributed by atoms with Crippen LogP contribution in [0.1, 0.15) is 71.6 Å². The van der Waals surface area contributed by atoms with E-state index in [4.69, 9.17) is 9.47 Å². The van der Waals surface area contributed by atoms with E-state index in [0.29, 0.717) is 12.8 Å². The lowest BCUT2D eigenvalue weighted by Crippen LogP contribution is -2.47. The van der Waals surface area contributed by atoms with Gasteiger partial charge in [0.05, 0.1) is 5.92 Å². The van der Waals surface area contributed by atoms with E-state index in [1.165, 1.54) is 12.8 Å². The summed E-state index contributed by atoms with van der Waals surface area (Å²) in [7, 11) is 0. The number of rotatable bonds is 14. The van der Waals surface area contributed by atoms with Crippen LogP contribution in [0.25, 0.3) is 0 Å². The van der Waals surface area contributed by atoms with Crippen molar-refractivity contribution in [3.63, 3.8) is 0 Å². The second-order valence-electron chi connectivity index (χ2n) is 6.42. The molecule has 1 heterocycles. The minimum atomic E-state index is -0.451. The van der Waals surface area contributed by atoms with Gasteiger partial charge in [-0.05, 0) is 12.8 Å². The summed E-state index contributed by atoms with van der Waals surface area (Å²) < 4.78 is 10.7. The smallest absolute Gasteiger partial charge is 0.325 e. The molecular weight excluding hydrogens is 310 g/mol. The van der Waals surface area contributed by atoms with Crippen molar-refractivity contribution in [2.45, 2.75) is 83.8 Å². The van der Waals surface area contributed by atoms with Gasteiger partial charge in [0.25, 0.3) is 0 Å². The van der Waals surface area contributed by atoms with Crippen LogP contribution in [0.3, 0.4) is 0 Å². The van der Waals surface area contributed by atoms with E-state index >= 15 is 0 Å². The van der Waals surface area contributed by atoms with E-state index in [9.17, 15) is 14.4 Å². The Labute approximate surface area is 144 Å². The van der Waals surface area contributed by atoms with Crippen molar-refractivity contribution in [3.05, 3.63) is 0 Å². The summed E-state index contributed by atoms with van der Waals surface area (Å²) >= 11 is 0. The van der Waals surface area contributed by atoms with E-state index in [1.54, 1.807) is 0 Å². The molecule has 0 aromatic rings. The Morgan fingerprint density at radius 2 is 2.00 bits per heavy atom. The van der Waals surface area contributed by atoms with Crippen molar-refractivity contribution in [1.82, 2.24) is 5.32 Å². The highest BCUT2D eigenvalue weighted by Gasteiger charge is 2.43. The number of hydrogen-bond donors (Lipinski definition) is 1. The van der Waals surface area contributed by atoms with Crippen LogP contribution in [-0.4, -0.2) is 37.1 Å². The molecule has 1 N–H and O–H groups in total. The Balaban J connectivity index is 2.44. The lowest BCUT2D eigenvalue weighted by atomic mass is 9.86. The van der Waals surface area contributed by atoms with Crippen LogP contribution in [0.4, 0.5) is 0 Å². The number of cyclic esters (lactones) is 1. The van der Waals surface area contributed by atoms with Gasteiger partial charge in [-0.15, -0.1) is 0 Å². The van der Waals surface area contributed by atoms with Gasteiger partial charge in [-0.3, -0.25) is 14.4 Å². The van der Waals surface area contributed by atoms with Gasteiger partial charge in [-0.2, -0.15) is 0 Å². The molecule has 1 unspecified atom stereocenters. The van der Waals surface area contributed by atoms with Crippen molar-refractivity contribution in [2.24, 2.45) is 5.92 Å². The number of amides is 1. The first-order valence-corrected chi connectivity index (χ1v) is 9.19. The largest absolute Gasteiger partial charge is 0.461 e. The lowest BCUT2D eigenvalue weighted by molar-refractivity contribution is -0.190. The summed E-state index contributed by atoms with van der Waals surface area (Å²) in [6.45, 7) is 4.11. The first-order valence-electron chi connectivity index (χ1n) is 9.19. The molecule has 24 heavy (non-hydrogen) atoms. The molecule has 138 valence electrons. The molecule has 0 bridgehead atoms. The monoisotopic (exact) mass is 341 g/mol. The van der Waals surface area contributed by atoms with Crippen LogP contribution in [0, 0.1) is 5.92 Å². The van der Waals surface area contributed by atoms with Gasteiger partial charge >= 0.3 is 11.9 Å². The second-order valence-corrected chi connectivity index (χ2v) is 6.42. The molecule has 0 aromatic heterocycles. The molecule has 1 aliphatic heterocycles. The predicted molar refractivity (Wildman–Crippen MR) is 90.2 cm³/mol. The topological polar surface area (TPSA) is 81.7 Å². The highest BCUT2D eigenvalue weighted by molar-refractivity contribution is 5.78. The van der Waals surface area contributed by atoms with E-state index in [2.05, 4.69) is 19.2 Å². The first-order chi connectivity index (χ1) is 11.6. The van der Waals surface area contributed by atoms with Crippen LogP contribution in [0.5, 0.6) is 0 Å². The maximum atomic E-state index is 11.7. The normalized spacial score (nSPS) is 20.7. The Kier molecular flexibility index (Phi) is 10.1. The summed E-state index contributed by atoms with van der Waals surface area (Å²) in [6, 6.07) is 0. The number of ether oxygens (including phenoxy) is 2. The van der Waals surface area contributed by atoms with Crippen molar-refractivity contribution < 1.29 is 23.9 Å². The van der Waals surface area contributed by atoms with Crippen LogP contribution in [-0.2, 0) is 23.9 Å². The average molecular weight is 341 g/mol. The number of esters is 2. The van der Waals surface area contributed by atoms with Crippen molar-refractivity contribution in [1.29, 1.82) is 0 Å². The number of hydrogen-bond acceptors (Lipinski definition) is 5. The maximum absolute atomic E-state index is 11.7. The number of nitrogens with one attached hydrogen (secondary N) is 1. The van der Waals surface area contributed by atoms with Crippen molar-refractivity contribution in [3.8, 4) is 0 Å². The van der Waals surface area contributed by atoms with Gasteiger partial charge in [-0.25, -0.2) is 0 Å². The lowest BCUT2D eigenvalue weighted by Gasteiger charge is -2.37. The zero-order chi connectivity index (χ0) is 17.8. The molecule has 6 nitrogen and oxygen atoms in total. The molecule has 1 aliphatic rings. The Hall–Kier alpha value is -1.59. The molecule has 0 spiro atoms. The fraction of sp³-hybridized carbons (Fsp3) is 0.833. The van der Waals surface area contributed by atoms with Gasteiger partial charge < -0.3 is 14.8 Å². The summed E-state index contributed by atoms with van der Waals surface area (Å²) in [5.74, 6) is -0.633. The van der Waals surface area contributed by atoms with E-state index < -0.39 is 5.97 Å². The first kappa shape index (κ1) is 20.5. The van der Waals surface area contributed by atoms with Gasteiger partial charge in [0, 0.05) is 6.42 Å². The van der Waals surface area contributed by atoms with Crippen LogP contribution >= 0.6 is 0 Å². The van der Waals surface area contributed by atoms with Gasteiger partial charge in [0.1, 0.15) is 18.8 Å². The summed E-state index contributed by atoms with van der Waals surface area (Å²) in [4.78, 5) is 33.6. The molecule has 1 rings (SSSR count). The third-order valence-electron chi connectivity index (χ3n) is 4.39. The van der Waals surface area contributed by atoms with Crippen molar-refractivity contribution in [2.75, 3.05) is 6.54 Å². The molecule has 0 aliphatic carbocycles.